The molecular weight excluding hydrogens is 386 g/mol. The van der Waals surface area contributed by atoms with Gasteiger partial charge in [0.1, 0.15) is 0 Å². The molecule has 0 aromatic heterocycles. The van der Waals surface area contributed by atoms with Gasteiger partial charge in [-0.05, 0) is 6.42 Å². The smallest absolute Gasteiger partial charge is 0.217 e. The van der Waals surface area contributed by atoms with Crippen LogP contribution in [-0.2, 0) is 28.8 Å². The first-order valence-electron chi connectivity index (χ1n) is 10.4. The Morgan fingerprint density at radius 2 is 0.929 bits per heavy atom. The molecule has 0 saturated heterocycles. The summed E-state index contributed by atoms with van der Waals surface area (Å²) in [5, 5.41) is 0. The maximum absolute atomic E-state index is 10.2. The molecule has 0 aliphatic heterocycles. The van der Waals surface area contributed by atoms with E-state index in [1.165, 1.54) is 64.2 Å². The third-order valence-corrected chi connectivity index (χ3v) is 4.55. The fourth-order valence-electron chi connectivity index (χ4n) is 2.61. The number of rotatable bonds is 22. The van der Waals surface area contributed by atoms with Crippen molar-refractivity contribution in [1.82, 2.24) is 6.15 Å². The van der Waals surface area contributed by atoms with Crippen molar-refractivity contribution in [2.24, 2.45) is 0 Å². The van der Waals surface area contributed by atoms with Gasteiger partial charge in [-0.1, -0.05) is 71.1 Å². The van der Waals surface area contributed by atoms with Crippen molar-refractivity contribution in [3.63, 3.8) is 0 Å². The Labute approximate surface area is 172 Å². The highest BCUT2D eigenvalue weighted by molar-refractivity contribution is 7.80. The molecule has 0 heterocycles. The summed E-state index contributed by atoms with van der Waals surface area (Å²) in [4.78, 5) is 0. The molecule has 0 aromatic carbocycles. The van der Waals surface area contributed by atoms with Gasteiger partial charge >= 0.3 is 0 Å². The number of hydrogen-bond donors (Lipinski definition) is 1. The lowest BCUT2D eigenvalue weighted by atomic mass is 10.1. The van der Waals surface area contributed by atoms with E-state index in [0.29, 0.717) is 26.4 Å². The van der Waals surface area contributed by atoms with Crippen molar-refractivity contribution in [3.8, 4) is 0 Å². The summed E-state index contributed by atoms with van der Waals surface area (Å²) < 4.78 is 50.4. The molecule has 0 radical (unpaired) electrons. The summed E-state index contributed by atoms with van der Waals surface area (Å²) in [6.45, 7) is 4.59. The molecule has 0 amide bonds. The molecule has 9 heteroatoms. The van der Waals surface area contributed by atoms with E-state index in [9.17, 15) is 13.0 Å². The van der Waals surface area contributed by atoms with Gasteiger partial charge in [-0.15, -0.1) is 0 Å². The fraction of sp³-hybridized carbons (Fsp3) is 1.00. The highest BCUT2D eigenvalue weighted by atomic mass is 32.3. The van der Waals surface area contributed by atoms with Crippen LogP contribution in [0, 0.1) is 0 Å². The summed E-state index contributed by atoms with van der Waals surface area (Å²) in [5.41, 5.74) is 0. The lowest BCUT2D eigenvalue weighted by molar-refractivity contribution is 0.00847. The monoisotopic (exact) mass is 429 g/mol. The minimum atomic E-state index is -4.63. The van der Waals surface area contributed by atoms with Crippen LogP contribution in [0.15, 0.2) is 0 Å². The Bertz CT molecular complexity index is 394. The van der Waals surface area contributed by atoms with Crippen LogP contribution in [0.25, 0.3) is 0 Å². The van der Waals surface area contributed by atoms with Gasteiger partial charge in [0.15, 0.2) is 0 Å². The van der Waals surface area contributed by atoms with Gasteiger partial charge in [0.25, 0.3) is 0 Å². The first-order valence-corrected chi connectivity index (χ1v) is 11.7. The van der Waals surface area contributed by atoms with E-state index >= 15 is 0 Å². The molecule has 172 valence electrons. The van der Waals surface area contributed by atoms with Gasteiger partial charge < -0.3 is 24.9 Å². The zero-order valence-corrected chi connectivity index (χ0v) is 18.8. The molecule has 0 bridgehead atoms. The average Bonchev–Trinajstić information content (AvgIpc) is 2.62. The Morgan fingerprint density at radius 3 is 1.36 bits per heavy atom. The Balaban J connectivity index is 0. The van der Waals surface area contributed by atoms with E-state index < -0.39 is 10.4 Å². The van der Waals surface area contributed by atoms with E-state index in [1.54, 1.807) is 0 Å². The molecule has 28 heavy (non-hydrogen) atoms. The van der Waals surface area contributed by atoms with Crippen LogP contribution in [-0.4, -0.2) is 59.2 Å². The molecule has 0 unspecified atom stereocenters. The maximum atomic E-state index is 10.2. The number of unbranched alkanes of at least 4 members (excludes halogenated alkanes) is 10. The molecule has 0 spiro atoms. The predicted octanol–water partition coefficient (Wildman–Crippen LogP) is 4.20. The van der Waals surface area contributed by atoms with Crippen molar-refractivity contribution >= 4 is 10.4 Å². The number of ether oxygens (including phenoxy) is 3. The SMILES string of the molecule is CCCCCCCCCCCCCOCCOCCOCCOS(=O)(=O)[O-].[NH4+]. The fourth-order valence-corrected chi connectivity index (χ4v) is 2.88. The van der Waals surface area contributed by atoms with E-state index in [0.717, 1.165) is 13.0 Å². The summed E-state index contributed by atoms with van der Waals surface area (Å²) >= 11 is 0. The second-order valence-electron chi connectivity index (χ2n) is 6.60. The van der Waals surface area contributed by atoms with Gasteiger partial charge in [0.2, 0.25) is 10.4 Å². The van der Waals surface area contributed by atoms with E-state index in [1.807, 2.05) is 0 Å². The largest absolute Gasteiger partial charge is 0.726 e. The van der Waals surface area contributed by atoms with Crippen LogP contribution in [0.3, 0.4) is 0 Å². The van der Waals surface area contributed by atoms with E-state index in [2.05, 4.69) is 11.1 Å². The Kier molecular flexibility index (Phi) is 24.6. The third-order valence-electron chi connectivity index (χ3n) is 4.09. The van der Waals surface area contributed by atoms with Crippen LogP contribution in [0.4, 0.5) is 0 Å². The number of quaternary nitrogens is 1. The molecule has 0 aliphatic carbocycles. The van der Waals surface area contributed by atoms with Crippen molar-refractivity contribution in [1.29, 1.82) is 0 Å². The van der Waals surface area contributed by atoms with Gasteiger partial charge in [-0.25, -0.2) is 8.42 Å². The van der Waals surface area contributed by atoms with Gasteiger partial charge in [0, 0.05) is 6.61 Å². The van der Waals surface area contributed by atoms with Gasteiger partial charge in [0.05, 0.1) is 39.6 Å². The predicted molar refractivity (Wildman–Crippen MR) is 111 cm³/mol. The minimum absolute atomic E-state index is 0. The second-order valence-corrected chi connectivity index (χ2v) is 7.66. The summed E-state index contributed by atoms with van der Waals surface area (Å²) in [6.07, 6.45) is 14.6. The highest BCUT2D eigenvalue weighted by Gasteiger charge is 1.96. The molecule has 8 nitrogen and oxygen atoms in total. The quantitative estimate of drug-likeness (QED) is 0.155. The first kappa shape index (κ1) is 29.9. The molecular formula is C19H43NO7S. The lowest BCUT2D eigenvalue weighted by Crippen LogP contribution is -2.13. The summed E-state index contributed by atoms with van der Waals surface area (Å²) in [6, 6.07) is 0. The molecule has 4 N–H and O–H groups in total. The Morgan fingerprint density at radius 1 is 0.571 bits per heavy atom. The van der Waals surface area contributed by atoms with Crippen molar-refractivity contribution in [2.45, 2.75) is 77.6 Å². The van der Waals surface area contributed by atoms with E-state index in [-0.39, 0.29) is 19.4 Å². The van der Waals surface area contributed by atoms with Crippen molar-refractivity contribution < 1.29 is 31.4 Å². The molecule has 0 rings (SSSR count). The lowest BCUT2D eigenvalue weighted by Gasteiger charge is -2.08. The van der Waals surface area contributed by atoms with Gasteiger partial charge in [-0.3, -0.25) is 4.18 Å². The minimum Gasteiger partial charge on any atom is -0.726 e. The highest BCUT2D eigenvalue weighted by Crippen LogP contribution is 2.11. The van der Waals surface area contributed by atoms with Crippen LogP contribution >= 0.6 is 0 Å². The van der Waals surface area contributed by atoms with Crippen LogP contribution < -0.4 is 6.15 Å². The summed E-state index contributed by atoms with van der Waals surface area (Å²) in [5.74, 6) is 0. The average molecular weight is 430 g/mol. The zero-order chi connectivity index (χ0) is 20.1. The van der Waals surface area contributed by atoms with Crippen LogP contribution in [0.2, 0.25) is 0 Å². The normalized spacial score (nSPS) is 11.5. The Hall–Kier alpha value is -0.290. The second kappa shape index (κ2) is 23.0. The van der Waals surface area contributed by atoms with Crippen LogP contribution in [0.5, 0.6) is 0 Å². The van der Waals surface area contributed by atoms with Crippen molar-refractivity contribution in [2.75, 3.05) is 46.2 Å². The molecule has 0 fully saturated rings. The topological polar surface area (TPSA) is 131 Å². The van der Waals surface area contributed by atoms with Crippen LogP contribution in [0.1, 0.15) is 77.6 Å². The van der Waals surface area contributed by atoms with Gasteiger partial charge in [-0.2, -0.15) is 0 Å². The third kappa shape index (κ3) is 27.9. The zero-order valence-electron chi connectivity index (χ0n) is 18.0. The molecule has 0 atom stereocenters. The molecule has 0 saturated carbocycles. The van der Waals surface area contributed by atoms with Crippen molar-refractivity contribution in [3.05, 3.63) is 0 Å². The van der Waals surface area contributed by atoms with E-state index in [4.69, 9.17) is 14.2 Å². The maximum Gasteiger partial charge on any atom is 0.217 e. The number of hydrogen-bond acceptors (Lipinski definition) is 7. The summed E-state index contributed by atoms with van der Waals surface area (Å²) in [7, 11) is -4.63. The first-order chi connectivity index (χ1) is 13.1. The standard InChI is InChI=1S/C19H40O7S.H3N/c1-2-3-4-5-6-7-8-9-10-11-12-13-23-14-15-24-16-17-25-18-19-26-27(20,21)22;/h2-19H2,1H3,(H,20,21,22);1H3. The molecule has 0 aromatic rings. The molecule has 0 aliphatic rings.